The molecule has 2 atom stereocenters. The molecular formula is C16H20N4O4. The molecule has 1 amide bonds. The molecule has 24 heavy (non-hydrogen) atoms. The molecule has 3 heterocycles. The van der Waals surface area contributed by atoms with Gasteiger partial charge in [0.05, 0.1) is 18.4 Å². The van der Waals surface area contributed by atoms with Crippen LogP contribution in [0, 0.1) is 13.8 Å². The van der Waals surface area contributed by atoms with E-state index in [4.69, 9.17) is 13.7 Å². The topological polar surface area (TPSA) is 94.5 Å². The van der Waals surface area contributed by atoms with Gasteiger partial charge in [0.25, 0.3) is 11.8 Å². The molecule has 2 aromatic heterocycles. The van der Waals surface area contributed by atoms with Gasteiger partial charge in [-0.25, -0.2) is 4.98 Å². The Morgan fingerprint density at radius 1 is 1.25 bits per heavy atom. The fraction of sp³-hybridized carbons (Fsp3) is 0.625. The van der Waals surface area contributed by atoms with Crippen molar-refractivity contribution in [1.29, 1.82) is 0 Å². The van der Waals surface area contributed by atoms with Crippen LogP contribution in [0.4, 0.5) is 0 Å². The zero-order valence-electron chi connectivity index (χ0n) is 14.0. The molecule has 0 spiro atoms. The number of rotatable bonds is 3. The molecule has 2 aromatic rings. The van der Waals surface area contributed by atoms with Crippen LogP contribution in [0.25, 0.3) is 0 Å². The van der Waals surface area contributed by atoms with E-state index in [1.54, 1.807) is 18.7 Å². The van der Waals surface area contributed by atoms with Crippen LogP contribution in [-0.4, -0.2) is 45.2 Å². The summed E-state index contributed by atoms with van der Waals surface area (Å²) in [5, 5.41) is 4.06. The maximum absolute atomic E-state index is 13.0. The van der Waals surface area contributed by atoms with E-state index in [2.05, 4.69) is 15.1 Å². The Balaban J connectivity index is 1.65. The largest absolute Gasteiger partial charge is 0.436 e. The van der Waals surface area contributed by atoms with Crippen molar-refractivity contribution in [1.82, 2.24) is 20.0 Å². The van der Waals surface area contributed by atoms with Gasteiger partial charge in [-0.3, -0.25) is 4.79 Å². The smallest absolute Gasteiger partial charge is 0.292 e. The summed E-state index contributed by atoms with van der Waals surface area (Å²) in [6.07, 6.45) is 1.95. The van der Waals surface area contributed by atoms with Gasteiger partial charge < -0.3 is 18.6 Å². The van der Waals surface area contributed by atoms with Crippen LogP contribution in [0.15, 0.2) is 8.94 Å². The maximum atomic E-state index is 13.0. The van der Waals surface area contributed by atoms with Crippen molar-refractivity contribution in [2.45, 2.75) is 51.7 Å². The Morgan fingerprint density at radius 2 is 2.04 bits per heavy atom. The van der Waals surface area contributed by atoms with E-state index in [1.807, 2.05) is 6.92 Å². The molecule has 0 aromatic carbocycles. The molecule has 0 unspecified atom stereocenters. The van der Waals surface area contributed by atoms with Crippen LogP contribution in [-0.2, 0) is 4.74 Å². The van der Waals surface area contributed by atoms with E-state index >= 15 is 0 Å². The van der Waals surface area contributed by atoms with Gasteiger partial charge in [-0.1, -0.05) is 5.16 Å². The van der Waals surface area contributed by atoms with Crippen LogP contribution in [0.1, 0.15) is 65.6 Å². The van der Waals surface area contributed by atoms with E-state index in [1.165, 1.54) is 0 Å². The number of hydrogen-bond donors (Lipinski definition) is 0. The summed E-state index contributed by atoms with van der Waals surface area (Å²) in [6.45, 7) is 6.29. The molecule has 0 bridgehead atoms. The molecule has 8 nitrogen and oxygen atoms in total. The molecule has 4 rings (SSSR count). The third-order valence-corrected chi connectivity index (χ3v) is 4.50. The molecule has 1 saturated carbocycles. The van der Waals surface area contributed by atoms with E-state index in [0.717, 1.165) is 18.7 Å². The highest BCUT2D eigenvalue weighted by atomic mass is 16.5. The van der Waals surface area contributed by atoms with Crippen molar-refractivity contribution < 1.29 is 18.5 Å². The fourth-order valence-corrected chi connectivity index (χ4v) is 3.12. The molecule has 1 aliphatic heterocycles. The first-order chi connectivity index (χ1) is 11.5. The number of aromatic nitrogens is 3. The predicted octanol–water partition coefficient (Wildman–Crippen LogP) is 2.15. The third kappa shape index (κ3) is 2.60. The molecular weight excluding hydrogens is 312 g/mol. The highest BCUT2D eigenvalue weighted by Gasteiger charge is 2.41. The van der Waals surface area contributed by atoms with Gasteiger partial charge in [0, 0.05) is 19.4 Å². The van der Waals surface area contributed by atoms with Gasteiger partial charge in [-0.05, 0) is 26.7 Å². The van der Waals surface area contributed by atoms with Crippen molar-refractivity contribution in [3.05, 3.63) is 29.1 Å². The SMILES string of the molecule is Cc1nc(C)c(C(=O)N2CCO[C@H](C)[C@H]2c2nc(C3CC3)no2)o1. The molecule has 8 heteroatoms. The summed E-state index contributed by atoms with van der Waals surface area (Å²) in [5.41, 5.74) is 0.583. The second kappa shape index (κ2) is 5.70. The van der Waals surface area contributed by atoms with Crippen molar-refractivity contribution in [3.63, 3.8) is 0 Å². The molecule has 0 radical (unpaired) electrons. The van der Waals surface area contributed by atoms with Crippen LogP contribution in [0.5, 0.6) is 0 Å². The molecule has 2 aliphatic rings. The average molecular weight is 332 g/mol. The quantitative estimate of drug-likeness (QED) is 0.850. The van der Waals surface area contributed by atoms with Crippen molar-refractivity contribution in [3.8, 4) is 0 Å². The Labute approximate surface area is 139 Å². The first-order valence-electron chi connectivity index (χ1n) is 8.24. The van der Waals surface area contributed by atoms with Crippen LogP contribution < -0.4 is 0 Å². The van der Waals surface area contributed by atoms with Gasteiger partial charge in [0.1, 0.15) is 6.04 Å². The summed E-state index contributed by atoms with van der Waals surface area (Å²) in [6, 6.07) is -0.420. The number of morpholine rings is 1. The minimum absolute atomic E-state index is 0.223. The zero-order chi connectivity index (χ0) is 16.8. The van der Waals surface area contributed by atoms with Crippen molar-refractivity contribution >= 4 is 5.91 Å². The average Bonchev–Trinajstić information content (AvgIpc) is 3.19. The lowest BCUT2D eigenvalue weighted by Gasteiger charge is -2.37. The summed E-state index contributed by atoms with van der Waals surface area (Å²) in [7, 11) is 0. The molecule has 1 aliphatic carbocycles. The first-order valence-corrected chi connectivity index (χ1v) is 8.24. The van der Waals surface area contributed by atoms with Gasteiger partial charge in [0.2, 0.25) is 5.76 Å². The number of ether oxygens (including phenoxy) is 1. The van der Waals surface area contributed by atoms with Gasteiger partial charge in [-0.15, -0.1) is 0 Å². The Morgan fingerprint density at radius 3 is 2.71 bits per heavy atom. The molecule has 0 N–H and O–H groups in total. The Bertz CT molecular complexity index is 764. The number of aryl methyl sites for hydroxylation is 2. The van der Waals surface area contributed by atoms with E-state index in [0.29, 0.717) is 36.5 Å². The number of nitrogens with zero attached hydrogens (tertiary/aromatic N) is 4. The van der Waals surface area contributed by atoms with Gasteiger partial charge in [-0.2, -0.15) is 4.98 Å². The monoisotopic (exact) mass is 332 g/mol. The lowest BCUT2D eigenvalue weighted by molar-refractivity contribution is -0.0609. The normalized spacial score (nSPS) is 24.4. The molecule has 2 fully saturated rings. The second-order valence-corrected chi connectivity index (χ2v) is 6.43. The van der Waals surface area contributed by atoms with Crippen molar-refractivity contribution in [2.24, 2.45) is 0 Å². The summed E-state index contributed by atoms with van der Waals surface area (Å²) < 4.78 is 16.7. The number of oxazole rings is 1. The highest BCUT2D eigenvalue weighted by Crippen LogP contribution is 2.39. The standard InChI is InChI=1S/C16H20N4O4/c1-8-13(23-10(3)17-8)16(21)20-6-7-22-9(2)12(20)15-18-14(19-24-15)11-4-5-11/h9,11-12H,4-7H2,1-3H3/t9-,12+/m1/s1. The first kappa shape index (κ1) is 15.3. The zero-order valence-corrected chi connectivity index (χ0v) is 14.0. The summed E-state index contributed by atoms with van der Waals surface area (Å²) >= 11 is 0. The van der Waals surface area contributed by atoms with E-state index in [9.17, 15) is 4.79 Å². The molecule has 1 saturated heterocycles. The van der Waals surface area contributed by atoms with Gasteiger partial charge in [0.15, 0.2) is 11.7 Å². The lowest BCUT2D eigenvalue weighted by Crippen LogP contribution is -2.47. The number of carbonyl (C=O) groups excluding carboxylic acids is 1. The summed E-state index contributed by atoms with van der Waals surface area (Å²) in [4.78, 5) is 23.3. The number of amides is 1. The van der Waals surface area contributed by atoms with Crippen molar-refractivity contribution in [2.75, 3.05) is 13.2 Å². The summed E-state index contributed by atoms with van der Waals surface area (Å²) in [5.74, 6) is 2.05. The minimum atomic E-state index is -0.420. The second-order valence-electron chi connectivity index (χ2n) is 6.43. The highest BCUT2D eigenvalue weighted by molar-refractivity contribution is 5.92. The maximum Gasteiger partial charge on any atom is 0.292 e. The number of carbonyl (C=O) groups is 1. The van der Waals surface area contributed by atoms with Crippen LogP contribution in [0.3, 0.4) is 0 Å². The van der Waals surface area contributed by atoms with E-state index in [-0.39, 0.29) is 17.8 Å². The van der Waals surface area contributed by atoms with Crippen LogP contribution >= 0.6 is 0 Å². The third-order valence-electron chi connectivity index (χ3n) is 4.50. The predicted molar refractivity (Wildman–Crippen MR) is 81.4 cm³/mol. The molecule has 128 valence electrons. The van der Waals surface area contributed by atoms with Crippen LogP contribution in [0.2, 0.25) is 0 Å². The lowest BCUT2D eigenvalue weighted by atomic mass is 10.1. The van der Waals surface area contributed by atoms with E-state index < -0.39 is 6.04 Å². The van der Waals surface area contributed by atoms with Gasteiger partial charge >= 0.3 is 0 Å². The number of hydrogen-bond acceptors (Lipinski definition) is 7. The Hall–Kier alpha value is -2.22. The Kier molecular flexibility index (Phi) is 3.64. The minimum Gasteiger partial charge on any atom is -0.436 e. The fourth-order valence-electron chi connectivity index (χ4n) is 3.12.